The average molecular weight is 417 g/mol. The Morgan fingerprint density at radius 1 is 0.933 bits per heavy atom. The summed E-state index contributed by atoms with van der Waals surface area (Å²) in [6, 6.07) is 15.2. The van der Waals surface area contributed by atoms with Crippen LogP contribution in [0.5, 0.6) is 0 Å². The molecule has 0 spiro atoms. The van der Waals surface area contributed by atoms with Crippen molar-refractivity contribution >= 4 is 50.9 Å². The minimum atomic E-state index is 0.298. The lowest BCUT2D eigenvalue weighted by Gasteiger charge is -2.08. The van der Waals surface area contributed by atoms with Gasteiger partial charge in [-0.25, -0.2) is 19.6 Å². The highest BCUT2D eigenvalue weighted by Gasteiger charge is 2.25. The van der Waals surface area contributed by atoms with E-state index in [-0.39, 0.29) is 0 Å². The molecule has 0 bridgehead atoms. The Morgan fingerprint density at radius 2 is 1.67 bits per heavy atom. The van der Waals surface area contributed by atoms with Crippen LogP contribution in [0.25, 0.3) is 50.6 Å². The third-order valence-electron chi connectivity index (χ3n) is 5.14. The highest BCUT2D eigenvalue weighted by Crippen LogP contribution is 2.38. The Kier molecular flexibility index (Phi) is 3.39. The van der Waals surface area contributed by atoms with Crippen molar-refractivity contribution < 1.29 is 4.63 Å². The SMILES string of the molecule is Cn1c(-c2c(N)n(-c3ccc(Cl)cc3)c3nc4nonc4nc23)nc2ccccc21. The number of para-hydroxylation sites is 2. The Labute approximate surface area is 173 Å². The number of hydrogen-bond acceptors (Lipinski definition) is 7. The van der Waals surface area contributed by atoms with Gasteiger partial charge in [-0.2, -0.15) is 0 Å². The fourth-order valence-electron chi connectivity index (χ4n) is 3.74. The molecule has 6 aromatic rings. The van der Waals surface area contributed by atoms with Gasteiger partial charge in [0.25, 0.3) is 0 Å². The molecule has 0 aliphatic heterocycles. The number of halogens is 1. The van der Waals surface area contributed by atoms with Gasteiger partial charge in [-0.05, 0) is 46.7 Å². The van der Waals surface area contributed by atoms with Crippen molar-refractivity contribution in [2.75, 3.05) is 5.73 Å². The fourth-order valence-corrected chi connectivity index (χ4v) is 3.87. The Morgan fingerprint density at radius 3 is 2.43 bits per heavy atom. The Hall–Kier alpha value is -3.98. The summed E-state index contributed by atoms with van der Waals surface area (Å²) in [6.45, 7) is 0. The van der Waals surface area contributed by atoms with Gasteiger partial charge in [0, 0.05) is 17.8 Å². The van der Waals surface area contributed by atoms with Crippen molar-refractivity contribution in [1.29, 1.82) is 0 Å². The van der Waals surface area contributed by atoms with E-state index < -0.39 is 0 Å². The number of rotatable bonds is 2. The number of nitrogens with two attached hydrogens (primary N) is 1. The summed E-state index contributed by atoms with van der Waals surface area (Å²) < 4.78 is 8.60. The number of imidazole rings is 1. The van der Waals surface area contributed by atoms with E-state index in [4.69, 9.17) is 26.9 Å². The maximum absolute atomic E-state index is 6.67. The zero-order chi connectivity index (χ0) is 20.4. The van der Waals surface area contributed by atoms with Crippen LogP contribution in [0.2, 0.25) is 5.02 Å². The van der Waals surface area contributed by atoms with Crippen molar-refractivity contribution in [3.05, 3.63) is 53.6 Å². The van der Waals surface area contributed by atoms with E-state index in [0.717, 1.165) is 16.7 Å². The van der Waals surface area contributed by atoms with Crippen LogP contribution in [0.1, 0.15) is 0 Å². The van der Waals surface area contributed by atoms with E-state index in [2.05, 4.69) is 20.3 Å². The van der Waals surface area contributed by atoms with Crippen molar-refractivity contribution in [3.8, 4) is 17.1 Å². The number of aromatic nitrogens is 7. The van der Waals surface area contributed by atoms with E-state index in [1.165, 1.54) is 0 Å². The molecule has 9 nitrogen and oxygen atoms in total. The van der Waals surface area contributed by atoms with Crippen molar-refractivity contribution in [3.63, 3.8) is 0 Å². The van der Waals surface area contributed by atoms with Crippen LogP contribution < -0.4 is 5.73 Å². The smallest absolute Gasteiger partial charge is 0.245 e. The Balaban J connectivity index is 1.76. The first-order chi connectivity index (χ1) is 14.6. The monoisotopic (exact) mass is 416 g/mol. The van der Waals surface area contributed by atoms with Gasteiger partial charge in [0.2, 0.25) is 11.3 Å². The lowest BCUT2D eigenvalue weighted by atomic mass is 10.2. The number of aryl methyl sites for hydroxylation is 1. The number of fused-ring (bicyclic) bond motifs is 3. The highest BCUT2D eigenvalue weighted by atomic mass is 35.5. The topological polar surface area (TPSA) is 113 Å². The first kappa shape index (κ1) is 16.9. The quantitative estimate of drug-likeness (QED) is 0.457. The molecular weight excluding hydrogens is 404 g/mol. The summed E-state index contributed by atoms with van der Waals surface area (Å²) in [5, 5.41) is 8.29. The van der Waals surface area contributed by atoms with Gasteiger partial charge in [-0.1, -0.05) is 23.7 Å². The molecule has 146 valence electrons. The van der Waals surface area contributed by atoms with Gasteiger partial charge in [0.15, 0.2) is 5.65 Å². The van der Waals surface area contributed by atoms with Gasteiger partial charge in [-0.15, -0.1) is 0 Å². The van der Waals surface area contributed by atoms with E-state index in [1.807, 2.05) is 52.6 Å². The second kappa shape index (κ2) is 6.01. The molecule has 10 heteroatoms. The van der Waals surface area contributed by atoms with E-state index in [0.29, 0.717) is 44.7 Å². The first-order valence-corrected chi connectivity index (χ1v) is 9.47. The molecule has 2 N–H and O–H groups in total. The van der Waals surface area contributed by atoms with Crippen LogP contribution in [0.15, 0.2) is 53.2 Å². The highest BCUT2D eigenvalue weighted by molar-refractivity contribution is 6.30. The number of anilines is 1. The van der Waals surface area contributed by atoms with Crippen molar-refractivity contribution in [2.45, 2.75) is 0 Å². The molecule has 0 radical (unpaired) electrons. The van der Waals surface area contributed by atoms with Crippen LogP contribution in [-0.4, -0.2) is 34.4 Å². The summed E-state index contributed by atoms with van der Waals surface area (Å²) >= 11 is 6.08. The lowest BCUT2D eigenvalue weighted by Crippen LogP contribution is -2.02. The second-order valence-corrected chi connectivity index (χ2v) is 7.30. The molecule has 0 atom stereocenters. The predicted molar refractivity (Wildman–Crippen MR) is 113 cm³/mol. The molecule has 0 amide bonds. The molecule has 30 heavy (non-hydrogen) atoms. The van der Waals surface area contributed by atoms with Crippen molar-refractivity contribution in [1.82, 2.24) is 34.4 Å². The molecule has 0 unspecified atom stereocenters. The normalized spacial score (nSPS) is 11.8. The number of nitrogens with zero attached hydrogens (tertiary/aromatic N) is 7. The zero-order valence-electron chi connectivity index (χ0n) is 15.6. The van der Waals surface area contributed by atoms with Crippen LogP contribution >= 0.6 is 11.6 Å². The maximum atomic E-state index is 6.67. The third-order valence-corrected chi connectivity index (χ3v) is 5.39. The third kappa shape index (κ3) is 2.26. The molecular formula is C20H13ClN8O. The van der Waals surface area contributed by atoms with Gasteiger partial charge in [0.1, 0.15) is 17.2 Å². The van der Waals surface area contributed by atoms with Crippen LogP contribution in [-0.2, 0) is 7.05 Å². The molecule has 0 saturated carbocycles. The van der Waals surface area contributed by atoms with Gasteiger partial charge in [0.05, 0.1) is 16.6 Å². The lowest BCUT2D eigenvalue weighted by molar-refractivity contribution is 0.314. The summed E-state index contributed by atoms with van der Waals surface area (Å²) in [6.07, 6.45) is 0. The van der Waals surface area contributed by atoms with E-state index in [9.17, 15) is 0 Å². The summed E-state index contributed by atoms with van der Waals surface area (Å²) in [4.78, 5) is 14.1. The molecule has 4 heterocycles. The average Bonchev–Trinajstić information content (AvgIpc) is 3.41. The number of benzene rings is 2. The molecule has 0 saturated heterocycles. The molecule has 0 fully saturated rings. The van der Waals surface area contributed by atoms with Gasteiger partial charge in [-0.3, -0.25) is 4.57 Å². The minimum absolute atomic E-state index is 0.298. The van der Waals surface area contributed by atoms with Crippen LogP contribution in [0.3, 0.4) is 0 Å². The largest absolute Gasteiger partial charge is 0.384 e. The fraction of sp³-hybridized carbons (Fsp3) is 0.0500. The summed E-state index contributed by atoms with van der Waals surface area (Å²) in [7, 11) is 1.94. The second-order valence-electron chi connectivity index (χ2n) is 6.86. The number of nitrogen functional groups attached to an aromatic ring is 1. The molecule has 2 aromatic carbocycles. The molecule has 4 aromatic heterocycles. The molecule has 6 rings (SSSR count). The zero-order valence-corrected chi connectivity index (χ0v) is 16.4. The van der Waals surface area contributed by atoms with Crippen molar-refractivity contribution in [2.24, 2.45) is 7.05 Å². The summed E-state index contributed by atoms with van der Waals surface area (Å²) in [5.41, 5.74) is 11.7. The number of hydrogen-bond donors (Lipinski definition) is 1. The van der Waals surface area contributed by atoms with Gasteiger partial charge >= 0.3 is 0 Å². The standard InChI is InChI=1S/C20H13ClN8O/c1-28-13-5-3-2-4-12(13)23-19(28)14-15-20(25-18-17(24-15)26-30-27-18)29(16(14)22)11-8-6-10(21)7-9-11/h2-9H,22H2,1H3. The molecule has 0 aliphatic rings. The maximum Gasteiger partial charge on any atom is 0.245 e. The van der Waals surface area contributed by atoms with Gasteiger partial charge < -0.3 is 10.3 Å². The Bertz CT molecular complexity index is 1580. The minimum Gasteiger partial charge on any atom is -0.384 e. The van der Waals surface area contributed by atoms with E-state index >= 15 is 0 Å². The molecule has 0 aliphatic carbocycles. The van der Waals surface area contributed by atoms with E-state index in [1.54, 1.807) is 12.1 Å². The first-order valence-electron chi connectivity index (χ1n) is 9.10. The van der Waals surface area contributed by atoms with Crippen LogP contribution in [0, 0.1) is 0 Å². The predicted octanol–water partition coefficient (Wildman–Crippen LogP) is 3.75. The summed E-state index contributed by atoms with van der Waals surface area (Å²) in [5.74, 6) is 1.13. The van der Waals surface area contributed by atoms with Crippen LogP contribution in [0.4, 0.5) is 5.82 Å².